The van der Waals surface area contributed by atoms with Gasteiger partial charge in [-0.05, 0) is 42.2 Å². The monoisotopic (exact) mass is 224 g/mol. The quantitative estimate of drug-likeness (QED) is 0.848. The highest BCUT2D eigenvalue weighted by molar-refractivity contribution is 5.54. The Morgan fingerprint density at radius 2 is 2.18 bits per heavy atom. The molecule has 3 rings (SSSR count). The Morgan fingerprint density at radius 3 is 3.06 bits per heavy atom. The van der Waals surface area contributed by atoms with Crippen molar-refractivity contribution in [3.8, 4) is 0 Å². The highest BCUT2D eigenvalue weighted by Gasteiger charge is 2.08. The van der Waals surface area contributed by atoms with Gasteiger partial charge in [0.2, 0.25) is 0 Å². The van der Waals surface area contributed by atoms with E-state index >= 15 is 0 Å². The first-order valence-corrected chi connectivity index (χ1v) is 6.17. The van der Waals surface area contributed by atoms with Crippen molar-refractivity contribution in [3.63, 3.8) is 0 Å². The summed E-state index contributed by atoms with van der Waals surface area (Å²) in [4.78, 5) is 4.37. The molecule has 1 aromatic heterocycles. The van der Waals surface area contributed by atoms with Gasteiger partial charge in [-0.25, -0.2) is 0 Å². The Labute approximate surface area is 102 Å². The molecule has 0 saturated carbocycles. The Balaban J connectivity index is 1.84. The number of anilines is 1. The fraction of sp³-hybridized carbons (Fsp3) is 0.267. The minimum absolute atomic E-state index is 0.925. The SMILES string of the molecule is c1ccc(Cc2ccc3c(c2)CCCN3)nc1. The molecule has 0 atom stereocenters. The Kier molecular flexibility index (Phi) is 2.78. The molecule has 0 radical (unpaired) electrons. The van der Waals surface area contributed by atoms with Crippen LogP contribution in [0.15, 0.2) is 42.6 Å². The molecule has 1 aliphatic heterocycles. The highest BCUT2D eigenvalue weighted by Crippen LogP contribution is 2.23. The van der Waals surface area contributed by atoms with Crippen LogP contribution in [0.5, 0.6) is 0 Å². The Hall–Kier alpha value is -1.83. The van der Waals surface area contributed by atoms with Crippen molar-refractivity contribution in [1.82, 2.24) is 4.98 Å². The van der Waals surface area contributed by atoms with E-state index in [2.05, 4.69) is 34.6 Å². The second kappa shape index (κ2) is 4.58. The molecular weight excluding hydrogens is 208 g/mol. The molecule has 86 valence electrons. The van der Waals surface area contributed by atoms with E-state index in [-0.39, 0.29) is 0 Å². The second-order valence-electron chi connectivity index (χ2n) is 4.52. The zero-order valence-electron chi connectivity index (χ0n) is 9.82. The van der Waals surface area contributed by atoms with Crippen LogP contribution in [0.2, 0.25) is 0 Å². The molecule has 0 saturated heterocycles. The number of fused-ring (bicyclic) bond motifs is 1. The van der Waals surface area contributed by atoms with Gasteiger partial charge in [0.1, 0.15) is 0 Å². The fourth-order valence-corrected chi connectivity index (χ4v) is 2.35. The van der Waals surface area contributed by atoms with E-state index in [0.717, 1.165) is 18.7 Å². The van der Waals surface area contributed by atoms with Gasteiger partial charge < -0.3 is 5.32 Å². The van der Waals surface area contributed by atoms with Crippen molar-refractivity contribution in [3.05, 3.63) is 59.4 Å². The van der Waals surface area contributed by atoms with Crippen molar-refractivity contribution in [2.75, 3.05) is 11.9 Å². The number of aryl methyl sites for hydroxylation is 1. The van der Waals surface area contributed by atoms with E-state index in [9.17, 15) is 0 Å². The molecule has 0 aliphatic carbocycles. The third kappa shape index (κ3) is 2.31. The average Bonchev–Trinajstić information content (AvgIpc) is 2.40. The van der Waals surface area contributed by atoms with Crippen LogP contribution in [0.1, 0.15) is 23.2 Å². The summed E-state index contributed by atoms with van der Waals surface area (Å²) in [5.74, 6) is 0. The standard InChI is InChI=1S/C15H16N2/c1-2-8-16-14(5-1)11-12-6-7-15-13(10-12)4-3-9-17-15/h1-2,5-8,10,17H,3-4,9,11H2. The van der Waals surface area contributed by atoms with Crippen molar-refractivity contribution in [2.24, 2.45) is 0 Å². The van der Waals surface area contributed by atoms with Gasteiger partial charge in [-0.1, -0.05) is 18.2 Å². The molecule has 1 aliphatic rings. The van der Waals surface area contributed by atoms with Crippen LogP contribution >= 0.6 is 0 Å². The second-order valence-corrected chi connectivity index (χ2v) is 4.52. The Bertz CT molecular complexity index is 506. The number of aromatic nitrogens is 1. The van der Waals surface area contributed by atoms with Gasteiger partial charge in [0, 0.05) is 30.5 Å². The van der Waals surface area contributed by atoms with Crippen molar-refractivity contribution >= 4 is 5.69 Å². The zero-order chi connectivity index (χ0) is 11.5. The van der Waals surface area contributed by atoms with E-state index in [0.29, 0.717) is 0 Å². The maximum Gasteiger partial charge on any atom is 0.0447 e. The third-order valence-electron chi connectivity index (χ3n) is 3.22. The van der Waals surface area contributed by atoms with Gasteiger partial charge in [-0.2, -0.15) is 0 Å². The Morgan fingerprint density at radius 1 is 1.18 bits per heavy atom. The van der Waals surface area contributed by atoms with Gasteiger partial charge in [0.25, 0.3) is 0 Å². The van der Waals surface area contributed by atoms with Gasteiger partial charge in [0.05, 0.1) is 0 Å². The van der Waals surface area contributed by atoms with Gasteiger partial charge in [-0.15, -0.1) is 0 Å². The third-order valence-corrected chi connectivity index (χ3v) is 3.22. The first-order chi connectivity index (χ1) is 8.42. The molecule has 0 unspecified atom stereocenters. The molecule has 17 heavy (non-hydrogen) atoms. The maximum absolute atomic E-state index is 4.37. The van der Waals surface area contributed by atoms with Gasteiger partial charge >= 0.3 is 0 Å². The smallest absolute Gasteiger partial charge is 0.0447 e. The number of hydrogen-bond donors (Lipinski definition) is 1. The lowest BCUT2D eigenvalue weighted by atomic mass is 9.99. The molecule has 0 fully saturated rings. The lowest BCUT2D eigenvalue weighted by molar-refractivity contribution is 0.828. The number of rotatable bonds is 2. The zero-order valence-corrected chi connectivity index (χ0v) is 9.82. The van der Waals surface area contributed by atoms with Crippen LogP contribution in [-0.4, -0.2) is 11.5 Å². The summed E-state index contributed by atoms with van der Waals surface area (Å²) >= 11 is 0. The molecule has 0 bridgehead atoms. The van der Waals surface area contributed by atoms with Crippen LogP contribution in [-0.2, 0) is 12.8 Å². The first kappa shape index (κ1) is 10.3. The van der Waals surface area contributed by atoms with Crippen molar-refractivity contribution in [2.45, 2.75) is 19.3 Å². The molecular formula is C15H16N2. The van der Waals surface area contributed by atoms with Crippen molar-refractivity contribution in [1.29, 1.82) is 0 Å². The van der Waals surface area contributed by atoms with Gasteiger partial charge in [-0.3, -0.25) is 4.98 Å². The van der Waals surface area contributed by atoms with E-state index < -0.39 is 0 Å². The molecule has 0 spiro atoms. The number of pyridine rings is 1. The van der Waals surface area contributed by atoms with Crippen LogP contribution in [0.4, 0.5) is 5.69 Å². The summed E-state index contributed by atoms with van der Waals surface area (Å²) < 4.78 is 0. The molecule has 2 heterocycles. The van der Waals surface area contributed by atoms with Crippen LogP contribution < -0.4 is 5.32 Å². The maximum atomic E-state index is 4.37. The summed E-state index contributed by atoms with van der Waals surface area (Å²) in [6.07, 6.45) is 5.21. The molecule has 1 N–H and O–H groups in total. The van der Waals surface area contributed by atoms with E-state index in [1.807, 2.05) is 18.3 Å². The average molecular weight is 224 g/mol. The lowest BCUT2D eigenvalue weighted by Crippen LogP contribution is -2.11. The molecule has 2 heteroatoms. The molecule has 2 aromatic rings. The fourth-order valence-electron chi connectivity index (χ4n) is 2.35. The first-order valence-electron chi connectivity index (χ1n) is 6.17. The summed E-state index contributed by atoms with van der Waals surface area (Å²) in [5.41, 5.74) is 5.24. The number of nitrogens with zero attached hydrogens (tertiary/aromatic N) is 1. The summed E-state index contributed by atoms with van der Waals surface area (Å²) in [5, 5.41) is 3.44. The van der Waals surface area contributed by atoms with Crippen molar-refractivity contribution < 1.29 is 0 Å². The number of nitrogens with one attached hydrogen (secondary N) is 1. The van der Waals surface area contributed by atoms with E-state index in [1.54, 1.807) is 0 Å². The van der Waals surface area contributed by atoms with Crippen LogP contribution in [0.3, 0.4) is 0 Å². The molecule has 0 amide bonds. The van der Waals surface area contributed by atoms with Gasteiger partial charge in [0.15, 0.2) is 0 Å². The normalized spacial score (nSPS) is 13.9. The summed E-state index contributed by atoms with van der Waals surface area (Å²) in [7, 11) is 0. The predicted molar refractivity (Wildman–Crippen MR) is 70.3 cm³/mol. The number of benzene rings is 1. The minimum Gasteiger partial charge on any atom is -0.385 e. The predicted octanol–water partition coefficient (Wildman–Crippen LogP) is 3.03. The molecule has 2 nitrogen and oxygen atoms in total. The van der Waals surface area contributed by atoms with E-state index in [1.165, 1.54) is 29.7 Å². The molecule has 1 aromatic carbocycles. The van der Waals surface area contributed by atoms with Crippen LogP contribution in [0.25, 0.3) is 0 Å². The number of hydrogen-bond acceptors (Lipinski definition) is 2. The lowest BCUT2D eigenvalue weighted by Gasteiger charge is -2.18. The largest absolute Gasteiger partial charge is 0.385 e. The minimum atomic E-state index is 0.925. The van der Waals surface area contributed by atoms with E-state index in [4.69, 9.17) is 0 Å². The van der Waals surface area contributed by atoms with Crippen LogP contribution in [0, 0.1) is 0 Å². The summed E-state index contributed by atoms with van der Waals surface area (Å²) in [6, 6.07) is 12.8. The summed E-state index contributed by atoms with van der Waals surface area (Å²) in [6.45, 7) is 1.10. The highest BCUT2D eigenvalue weighted by atomic mass is 14.9. The topological polar surface area (TPSA) is 24.9 Å².